The van der Waals surface area contributed by atoms with Gasteiger partial charge in [-0.3, -0.25) is 20.4 Å². The van der Waals surface area contributed by atoms with E-state index in [0.717, 1.165) is 11.5 Å². The van der Waals surface area contributed by atoms with E-state index in [1.165, 1.54) is 0 Å². The lowest BCUT2D eigenvalue weighted by atomic mass is 10.1. The van der Waals surface area contributed by atoms with Gasteiger partial charge in [0.15, 0.2) is 0 Å². The van der Waals surface area contributed by atoms with Gasteiger partial charge in [0.1, 0.15) is 6.10 Å². The first-order valence-corrected chi connectivity index (χ1v) is 7.88. The van der Waals surface area contributed by atoms with Crippen LogP contribution < -0.4 is 16.6 Å². The van der Waals surface area contributed by atoms with Crippen LogP contribution in [0.15, 0.2) is 30.3 Å². The van der Waals surface area contributed by atoms with Gasteiger partial charge in [-0.15, -0.1) is 0 Å². The molecule has 2 amide bonds. The van der Waals surface area contributed by atoms with Crippen LogP contribution in [-0.2, 0) is 4.79 Å². The van der Waals surface area contributed by atoms with Crippen molar-refractivity contribution < 1.29 is 14.7 Å². The maximum Gasteiger partial charge on any atom is 0.269 e. The molecule has 0 aliphatic rings. The molecule has 0 fully saturated rings. The molecule has 0 radical (unpaired) electrons. The lowest BCUT2D eigenvalue weighted by Gasteiger charge is -2.18. The van der Waals surface area contributed by atoms with Gasteiger partial charge in [0.05, 0.1) is 0 Å². The second-order valence-electron chi connectivity index (χ2n) is 4.40. The van der Waals surface area contributed by atoms with Crippen LogP contribution in [0.5, 0.6) is 0 Å². The predicted molar refractivity (Wildman–Crippen MR) is 83.6 cm³/mol. The Morgan fingerprint density at radius 1 is 1.29 bits per heavy atom. The molecule has 116 valence electrons. The Labute approximate surface area is 128 Å². The molecule has 0 saturated heterocycles. The fourth-order valence-electron chi connectivity index (χ4n) is 1.57. The minimum Gasteiger partial charge on any atom is -0.382 e. The van der Waals surface area contributed by atoms with Gasteiger partial charge in [0.25, 0.3) is 11.8 Å². The summed E-state index contributed by atoms with van der Waals surface area (Å²) in [6, 6.07) is 7.79. The third kappa shape index (κ3) is 6.16. The molecule has 0 aliphatic carbocycles. The maximum atomic E-state index is 11.7. The Balaban J connectivity index is 2.37. The van der Waals surface area contributed by atoms with Gasteiger partial charge in [-0.25, -0.2) is 0 Å². The highest BCUT2D eigenvalue weighted by molar-refractivity contribution is 7.99. The normalized spacial score (nSPS) is 13.3. The smallest absolute Gasteiger partial charge is 0.269 e. The van der Waals surface area contributed by atoms with E-state index in [-0.39, 0.29) is 0 Å². The maximum absolute atomic E-state index is 11.7. The number of aliphatic hydroxyl groups is 1. The molecule has 0 aromatic heterocycles. The fraction of sp³-hybridized carbons (Fsp3) is 0.429. The van der Waals surface area contributed by atoms with Gasteiger partial charge < -0.3 is 10.8 Å². The van der Waals surface area contributed by atoms with Gasteiger partial charge in [-0.05, 0) is 30.1 Å². The minimum atomic E-state index is -1.35. The first kappa shape index (κ1) is 17.5. The molecule has 5 N–H and O–H groups in total. The zero-order valence-corrected chi connectivity index (χ0v) is 12.7. The highest BCUT2D eigenvalue weighted by atomic mass is 32.2. The summed E-state index contributed by atoms with van der Waals surface area (Å²) in [4.78, 5) is 23.4. The summed E-state index contributed by atoms with van der Waals surface area (Å²) >= 11 is 1.69. The fourth-order valence-corrected chi connectivity index (χ4v) is 2.30. The molecule has 1 aromatic carbocycles. The molecule has 0 spiro atoms. The minimum absolute atomic E-state index is 0.413. The Morgan fingerprint density at radius 3 is 2.57 bits per heavy atom. The number of rotatable bonds is 7. The van der Waals surface area contributed by atoms with Gasteiger partial charge in [0.2, 0.25) is 0 Å². The largest absolute Gasteiger partial charge is 0.382 e. The summed E-state index contributed by atoms with van der Waals surface area (Å²) < 4.78 is 0. The highest BCUT2D eigenvalue weighted by Crippen LogP contribution is 2.05. The molecule has 1 rings (SSSR count). The van der Waals surface area contributed by atoms with Gasteiger partial charge in [-0.2, -0.15) is 11.8 Å². The lowest BCUT2D eigenvalue weighted by Crippen LogP contribution is -2.52. The van der Waals surface area contributed by atoms with Crippen molar-refractivity contribution in [2.75, 3.05) is 11.5 Å². The Bertz CT molecular complexity index is 456. The number of hydrazine groups is 1. The van der Waals surface area contributed by atoms with E-state index in [1.54, 1.807) is 42.1 Å². The van der Waals surface area contributed by atoms with E-state index in [2.05, 4.69) is 10.9 Å². The number of carbonyl (C=O) groups excluding carboxylic acids is 2. The van der Waals surface area contributed by atoms with Crippen molar-refractivity contribution in [3.05, 3.63) is 35.9 Å². The quantitative estimate of drug-likeness (QED) is 0.428. The molecule has 1 aromatic rings. The summed E-state index contributed by atoms with van der Waals surface area (Å²) in [7, 11) is 0. The molecular weight excluding hydrogens is 290 g/mol. The van der Waals surface area contributed by atoms with Crippen LogP contribution >= 0.6 is 11.8 Å². The summed E-state index contributed by atoms with van der Waals surface area (Å²) in [5.41, 5.74) is 10.6. The van der Waals surface area contributed by atoms with Crippen LogP contribution in [0.1, 0.15) is 23.7 Å². The van der Waals surface area contributed by atoms with Crippen LogP contribution in [0.3, 0.4) is 0 Å². The molecule has 0 saturated carbocycles. The van der Waals surface area contributed by atoms with Crippen molar-refractivity contribution in [1.29, 1.82) is 0 Å². The molecule has 0 bridgehead atoms. The van der Waals surface area contributed by atoms with Crippen molar-refractivity contribution in [2.24, 2.45) is 5.73 Å². The standard InChI is InChI=1S/C14H21N3O3S/c1-2-21-9-8-11(15)12(18)14(20)17-16-13(19)10-6-4-3-5-7-10/h3-7,11-12,18H,2,8-9,15H2,1H3,(H,16,19)(H,17,20)/t11-,12?/m1/s1. The molecule has 1 unspecified atom stereocenters. The average Bonchev–Trinajstić information content (AvgIpc) is 2.52. The number of nitrogens with one attached hydrogen (secondary N) is 2. The van der Waals surface area contributed by atoms with Crippen molar-refractivity contribution in [3.63, 3.8) is 0 Å². The molecular formula is C14H21N3O3S. The topological polar surface area (TPSA) is 104 Å². The summed E-state index contributed by atoms with van der Waals surface area (Å²) in [5.74, 6) is 0.570. The molecule has 0 heterocycles. The number of benzene rings is 1. The molecule has 6 nitrogen and oxygen atoms in total. The third-order valence-corrected chi connectivity index (χ3v) is 3.74. The van der Waals surface area contributed by atoms with Crippen molar-refractivity contribution in [2.45, 2.75) is 25.5 Å². The van der Waals surface area contributed by atoms with Crippen LogP contribution in [-0.4, -0.2) is 40.6 Å². The lowest BCUT2D eigenvalue weighted by molar-refractivity contribution is -0.131. The van der Waals surface area contributed by atoms with Crippen LogP contribution in [0.25, 0.3) is 0 Å². The zero-order chi connectivity index (χ0) is 15.7. The van der Waals surface area contributed by atoms with Crippen molar-refractivity contribution in [3.8, 4) is 0 Å². The number of hydrogen-bond donors (Lipinski definition) is 4. The number of carbonyl (C=O) groups is 2. The SMILES string of the molecule is CCSCC[C@@H](N)C(O)C(=O)NNC(=O)c1ccccc1. The van der Waals surface area contributed by atoms with E-state index in [9.17, 15) is 14.7 Å². The van der Waals surface area contributed by atoms with E-state index >= 15 is 0 Å². The number of aliphatic hydroxyl groups excluding tert-OH is 1. The van der Waals surface area contributed by atoms with Crippen molar-refractivity contribution >= 4 is 23.6 Å². The number of hydrogen-bond acceptors (Lipinski definition) is 5. The molecule has 0 aliphatic heterocycles. The zero-order valence-electron chi connectivity index (χ0n) is 11.9. The summed E-state index contributed by atoms with van der Waals surface area (Å²) in [6.45, 7) is 2.03. The Hall–Kier alpha value is -1.57. The van der Waals surface area contributed by atoms with Crippen LogP contribution in [0.4, 0.5) is 0 Å². The first-order valence-electron chi connectivity index (χ1n) is 6.73. The number of thioether (sulfide) groups is 1. The number of nitrogens with two attached hydrogens (primary N) is 1. The van der Waals surface area contributed by atoms with Crippen molar-refractivity contribution in [1.82, 2.24) is 10.9 Å². The average molecular weight is 311 g/mol. The summed E-state index contributed by atoms with van der Waals surface area (Å²) in [6.07, 6.45) is -0.821. The monoisotopic (exact) mass is 311 g/mol. The Kier molecular flexibility index (Phi) is 7.81. The number of amides is 2. The van der Waals surface area contributed by atoms with E-state index in [1.807, 2.05) is 6.92 Å². The Morgan fingerprint density at radius 2 is 1.95 bits per heavy atom. The molecule has 21 heavy (non-hydrogen) atoms. The second kappa shape index (κ2) is 9.38. The highest BCUT2D eigenvalue weighted by Gasteiger charge is 2.23. The van der Waals surface area contributed by atoms with Gasteiger partial charge in [-0.1, -0.05) is 25.1 Å². The van der Waals surface area contributed by atoms with E-state index in [0.29, 0.717) is 12.0 Å². The predicted octanol–water partition coefficient (Wildman–Crippen LogP) is 0.279. The third-order valence-electron chi connectivity index (χ3n) is 2.81. The van der Waals surface area contributed by atoms with E-state index < -0.39 is 24.0 Å². The van der Waals surface area contributed by atoms with Gasteiger partial charge >= 0.3 is 0 Å². The van der Waals surface area contributed by atoms with Gasteiger partial charge in [0, 0.05) is 11.6 Å². The molecule has 7 heteroatoms. The van der Waals surface area contributed by atoms with Crippen LogP contribution in [0.2, 0.25) is 0 Å². The second-order valence-corrected chi connectivity index (χ2v) is 5.80. The first-order chi connectivity index (χ1) is 10.1. The van der Waals surface area contributed by atoms with Crippen LogP contribution in [0, 0.1) is 0 Å². The molecule has 2 atom stereocenters. The van der Waals surface area contributed by atoms with E-state index in [4.69, 9.17) is 5.73 Å². The summed E-state index contributed by atoms with van der Waals surface area (Å²) in [5, 5.41) is 9.77.